The van der Waals surface area contributed by atoms with Crippen LogP contribution in [0.15, 0.2) is 6.33 Å². The fourth-order valence-corrected chi connectivity index (χ4v) is 1.46. The summed E-state index contributed by atoms with van der Waals surface area (Å²) in [5.41, 5.74) is 0. The van der Waals surface area contributed by atoms with E-state index in [4.69, 9.17) is 4.74 Å². The number of nitrogens with zero attached hydrogens (tertiary/aromatic N) is 3. The van der Waals surface area contributed by atoms with Crippen molar-refractivity contribution >= 4 is 11.6 Å². The molecule has 0 spiro atoms. The molecular formula is C10H15F3N4O. The Morgan fingerprint density at radius 2 is 2.06 bits per heavy atom. The van der Waals surface area contributed by atoms with E-state index in [1.54, 1.807) is 0 Å². The van der Waals surface area contributed by atoms with Crippen LogP contribution in [0.4, 0.5) is 24.8 Å². The number of anilines is 2. The highest BCUT2D eigenvalue weighted by molar-refractivity contribution is 5.64. The van der Waals surface area contributed by atoms with Crippen LogP contribution in [0.2, 0.25) is 0 Å². The monoisotopic (exact) mass is 264 g/mol. The Kier molecular flexibility index (Phi) is 4.57. The molecule has 1 rings (SSSR count). The zero-order valence-electron chi connectivity index (χ0n) is 10.4. The van der Waals surface area contributed by atoms with Gasteiger partial charge in [-0.05, 0) is 6.92 Å². The molecule has 102 valence electrons. The van der Waals surface area contributed by atoms with Crippen molar-refractivity contribution in [1.82, 2.24) is 9.97 Å². The van der Waals surface area contributed by atoms with E-state index in [9.17, 15) is 13.2 Å². The fraction of sp³-hybridized carbons (Fsp3) is 0.600. The van der Waals surface area contributed by atoms with Crippen molar-refractivity contribution in [2.75, 3.05) is 37.5 Å². The molecule has 0 aliphatic carbocycles. The summed E-state index contributed by atoms with van der Waals surface area (Å²) in [6, 6.07) is 0. The van der Waals surface area contributed by atoms with Crippen molar-refractivity contribution in [3.05, 3.63) is 6.33 Å². The third-order valence-electron chi connectivity index (χ3n) is 2.11. The van der Waals surface area contributed by atoms with E-state index < -0.39 is 12.7 Å². The SMILES string of the molecule is CCNc1ncnc(N(C)CC(F)(F)F)c1OC. The van der Waals surface area contributed by atoms with Crippen LogP contribution < -0.4 is 15.0 Å². The Labute approximate surface area is 103 Å². The quantitative estimate of drug-likeness (QED) is 0.880. The van der Waals surface area contributed by atoms with Gasteiger partial charge in [-0.15, -0.1) is 0 Å². The van der Waals surface area contributed by atoms with Gasteiger partial charge in [0.25, 0.3) is 0 Å². The fourth-order valence-electron chi connectivity index (χ4n) is 1.46. The molecule has 1 aromatic rings. The molecule has 1 aromatic heterocycles. The molecule has 0 aliphatic rings. The van der Waals surface area contributed by atoms with Gasteiger partial charge in [0.2, 0.25) is 5.75 Å². The molecular weight excluding hydrogens is 249 g/mol. The molecule has 0 radical (unpaired) electrons. The van der Waals surface area contributed by atoms with Gasteiger partial charge in [0.05, 0.1) is 7.11 Å². The molecule has 18 heavy (non-hydrogen) atoms. The summed E-state index contributed by atoms with van der Waals surface area (Å²) < 4.78 is 42.1. The van der Waals surface area contributed by atoms with Gasteiger partial charge in [-0.1, -0.05) is 0 Å². The average molecular weight is 264 g/mol. The molecule has 0 fully saturated rings. The average Bonchev–Trinajstić information content (AvgIpc) is 2.27. The predicted octanol–water partition coefficient (Wildman–Crippen LogP) is 1.92. The Morgan fingerprint density at radius 1 is 1.39 bits per heavy atom. The Hall–Kier alpha value is -1.73. The maximum absolute atomic E-state index is 12.3. The van der Waals surface area contributed by atoms with Gasteiger partial charge in [0.15, 0.2) is 11.6 Å². The van der Waals surface area contributed by atoms with Crippen molar-refractivity contribution in [2.24, 2.45) is 0 Å². The van der Waals surface area contributed by atoms with Crippen LogP contribution in [-0.2, 0) is 0 Å². The molecule has 0 saturated heterocycles. The molecule has 0 aliphatic heterocycles. The first kappa shape index (κ1) is 14.3. The van der Waals surface area contributed by atoms with Gasteiger partial charge in [-0.2, -0.15) is 13.2 Å². The molecule has 0 aromatic carbocycles. The number of hydrogen-bond acceptors (Lipinski definition) is 5. The molecule has 0 saturated carbocycles. The summed E-state index contributed by atoms with van der Waals surface area (Å²) in [7, 11) is 2.67. The van der Waals surface area contributed by atoms with E-state index >= 15 is 0 Å². The number of ether oxygens (including phenoxy) is 1. The van der Waals surface area contributed by atoms with Crippen LogP contribution >= 0.6 is 0 Å². The third-order valence-corrected chi connectivity index (χ3v) is 2.11. The largest absolute Gasteiger partial charge is 0.490 e. The first-order valence-electron chi connectivity index (χ1n) is 5.29. The van der Waals surface area contributed by atoms with E-state index in [1.165, 1.54) is 20.5 Å². The number of methoxy groups -OCH3 is 1. The summed E-state index contributed by atoms with van der Waals surface area (Å²) in [4.78, 5) is 8.72. The molecule has 0 atom stereocenters. The van der Waals surface area contributed by atoms with Gasteiger partial charge in [0.1, 0.15) is 12.9 Å². The van der Waals surface area contributed by atoms with Gasteiger partial charge >= 0.3 is 6.18 Å². The smallest absolute Gasteiger partial charge is 0.405 e. The Balaban J connectivity index is 3.04. The van der Waals surface area contributed by atoms with Crippen LogP contribution in [0.25, 0.3) is 0 Å². The first-order chi connectivity index (χ1) is 8.39. The highest BCUT2D eigenvalue weighted by atomic mass is 19.4. The van der Waals surface area contributed by atoms with Crippen LogP contribution in [0, 0.1) is 0 Å². The molecule has 1 heterocycles. The van der Waals surface area contributed by atoms with Crippen LogP contribution in [0.1, 0.15) is 6.92 Å². The number of rotatable bonds is 5. The lowest BCUT2D eigenvalue weighted by molar-refractivity contribution is -0.119. The lowest BCUT2D eigenvalue weighted by Crippen LogP contribution is -2.31. The summed E-state index contributed by atoms with van der Waals surface area (Å²) in [6.45, 7) is 1.32. The second kappa shape index (κ2) is 5.74. The van der Waals surface area contributed by atoms with E-state index in [0.717, 1.165) is 4.90 Å². The van der Waals surface area contributed by atoms with Crippen LogP contribution in [0.3, 0.4) is 0 Å². The standard InChI is InChI=1S/C10H15F3N4O/c1-4-14-8-7(18-3)9(16-6-15-8)17(2)5-10(11,12)13/h6H,4-5H2,1-3H3,(H,14,15,16). The summed E-state index contributed by atoms with van der Waals surface area (Å²) in [5, 5.41) is 2.90. The maximum Gasteiger partial charge on any atom is 0.405 e. The minimum Gasteiger partial charge on any atom is -0.490 e. The van der Waals surface area contributed by atoms with Crippen molar-refractivity contribution in [2.45, 2.75) is 13.1 Å². The molecule has 5 nitrogen and oxygen atoms in total. The van der Waals surface area contributed by atoms with Crippen molar-refractivity contribution in [1.29, 1.82) is 0 Å². The van der Waals surface area contributed by atoms with E-state index in [2.05, 4.69) is 15.3 Å². The second-order valence-corrected chi connectivity index (χ2v) is 3.58. The highest BCUT2D eigenvalue weighted by Crippen LogP contribution is 2.32. The van der Waals surface area contributed by atoms with Crippen LogP contribution in [0.5, 0.6) is 5.75 Å². The summed E-state index contributed by atoms with van der Waals surface area (Å²) in [6.07, 6.45) is -3.11. The zero-order valence-corrected chi connectivity index (χ0v) is 10.4. The molecule has 8 heteroatoms. The first-order valence-corrected chi connectivity index (χ1v) is 5.29. The Morgan fingerprint density at radius 3 is 2.56 bits per heavy atom. The number of nitrogens with one attached hydrogen (secondary N) is 1. The number of alkyl halides is 3. The Bertz CT molecular complexity index is 397. The van der Waals surface area contributed by atoms with Crippen molar-refractivity contribution in [3.8, 4) is 5.75 Å². The van der Waals surface area contributed by atoms with E-state index in [0.29, 0.717) is 12.4 Å². The third kappa shape index (κ3) is 3.64. The lowest BCUT2D eigenvalue weighted by atomic mass is 10.4. The van der Waals surface area contributed by atoms with Crippen molar-refractivity contribution in [3.63, 3.8) is 0 Å². The normalized spacial score (nSPS) is 11.2. The van der Waals surface area contributed by atoms with Gasteiger partial charge in [-0.3, -0.25) is 0 Å². The molecule has 0 amide bonds. The number of hydrogen-bond donors (Lipinski definition) is 1. The van der Waals surface area contributed by atoms with Gasteiger partial charge in [0, 0.05) is 13.6 Å². The summed E-state index contributed by atoms with van der Waals surface area (Å²) in [5.74, 6) is 0.672. The predicted molar refractivity (Wildman–Crippen MR) is 62.1 cm³/mol. The van der Waals surface area contributed by atoms with Gasteiger partial charge < -0.3 is 15.0 Å². The van der Waals surface area contributed by atoms with Crippen LogP contribution in [-0.4, -0.2) is 43.4 Å². The molecule has 1 N–H and O–H groups in total. The minimum absolute atomic E-state index is 0.0979. The highest BCUT2D eigenvalue weighted by Gasteiger charge is 2.31. The summed E-state index contributed by atoms with van der Waals surface area (Å²) >= 11 is 0. The zero-order chi connectivity index (χ0) is 13.8. The topological polar surface area (TPSA) is 50.3 Å². The minimum atomic E-state index is -4.30. The number of aromatic nitrogens is 2. The van der Waals surface area contributed by atoms with Gasteiger partial charge in [-0.25, -0.2) is 9.97 Å². The van der Waals surface area contributed by atoms with E-state index in [1.807, 2.05) is 6.92 Å². The second-order valence-electron chi connectivity index (χ2n) is 3.58. The van der Waals surface area contributed by atoms with E-state index in [-0.39, 0.29) is 11.6 Å². The molecule has 0 unspecified atom stereocenters. The number of halogens is 3. The van der Waals surface area contributed by atoms with Crippen molar-refractivity contribution < 1.29 is 17.9 Å². The molecule has 0 bridgehead atoms. The maximum atomic E-state index is 12.3. The lowest BCUT2D eigenvalue weighted by Gasteiger charge is -2.22.